The molecule has 3 aromatic heterocycles. The molecule has 8 nitrogen and oxygen atoms in total. The van der Waals surface area contributed by atoms with E-state index < -0.39 is 0 Å². The third-order valence-electron chi connectivity index (χ3n) is 5.84. The molecule has 0 aliphatic carbocycles. The monoisotopic (exact) mass is 463 g/mol. The number of fused-ring (bicyclic) bond motifs is 2. The van der Waals surface area contributed by atoms with Gasteiger partial charge in [-0.3, -0.25) is 4.79 Å². The Hall–Kier alpha value is -3.41. The molecule has 0 radical (unpaired) electrons. The number of aromatic nitrogens is 4. The van der Waals surface area contributed by atoms with E-state index in [0.717, 1.165) is 16.9 Å². The smallest absolute Gasteiger partial charge is 0.258 e. The molecule has 0 unspecified atom stereocenters. The van der Waals surface area contributed by atoms with Crippen LogP contribution in [0.1, 0.15) is 42.4 Å². The number of nitriles is 1. The van der Waals surface area contributed by atoms with Crippen molar-refractivity contribution in [2.75, 3.05) is 25.4 Å². The largest absolute Gasteiger partial charge is 0.397 e. The topological polar surface area (TPSA) is 116 Å². The molecule has 1 fully saturated rings. The van der Waals surface area contributed by atoms with Gasteiger partial charge in [0.05, 0.1) is 32.9 Å². The minimum absolute atomic E-state index is 0.279. The number of nitrogens with zero attached hydrogens (tertiary/aromatic N) is 5. The number of aryl methyl sites for hydroxylation is 1. The maximum atomic E-state index is 12.3. The summed E-state index contributed by atoms with van der Waals surface area (Å²) >= 11 is 5.97. The van der Waals surface area contributed by atoms with Crippen LogP contribution >= 0.6 is 11.6 Å². The molecule has 0 amide bonds. The number of rotatable bonds is 3. The van der Waals surface area contributed by atoms with Crippen molar-refractivity contribution >= 4 is 33.8 Å². The molecule has 0 saturated carbocycles. The Bertz CT molecular complexity index is 1410. The Balaban J connectivity index is 0.000000318. The van der Waals surface area contributed by atoms with Crippen LogP contribution in [0.25, 0.3) is 16.6 Å². The molecule has 4 aromatic rings. The molecule has 1 aliphatic rings. The molecule has 33 heavy (non-hydrogen) atoms. The number of nitrogen functional groups attached to an aromatic ring is 1. The van der Waals surface area contributed by atoms with Crippen molar-refractivity contribution in [3.05, 3.63) is 68.6 Å². The lowest BCUT2D eigenvalue weighted by atomic mass is 10.2. The molecule has 4 heterocycles. The van der Waals surface area contributed by atoms with Crippen LogP contribution in [-0.4, -0.2) is 43.9 Å². The standard InChI is InChI=1S/C18H13ClN6O.C6H13N/c1-9-2-17-22-11(8-25(17)7-10(9)6-20)3-16-23-15-5-14(21)13(19)4-12(15)18(26)24-16;1-2-7-5-3-4-6-7/h2,4-5,7-8H,3,21H2,1H3,(H,23,24,26);2-6H2,1H3. The third kappa shape index (κ3) is 5.00. The summed E-state index contributed by atoms with van der Waals surface area (Å²) < 4.78 is 1.79. The average molecular weight is 464 g/mol. The number of aromatic amines is 1. The number of anilines is 1. The Labute approximate surface area is 196 Å². The summed E-state index contributed by atoms with van der Waals surface area (Å²) in [6.45, 7) is 8.03. The van der Waals surface area contributed by atoms with Gasteiger partial charge in [0.25, 0.3) is 5.56 Å². The first kappa shape index (κ1) is 22.8. The van der Waals surface area contributed by atoms with E-state index in [1.807, 2.05) is 19.2 Å². The van der Waals surface area contributed by atoms with Crippen LogP contribution in [0, 0.1) is 18.3 Å². The first-order chi connectivity index (χ1) is 15.9. The van der Waals surface area contributed by atoms with Gasteiger partial charge in [-0.05, 0) is 63.2 Å². The second-order valence-corrected chi connectivity index (χ2v) is 8.61. The van der Waals surface area contributed by atoms with Gasteiger partial charge in [0.2, 0.25) is 0 Å². The number of H-pyrrole nitrogens is 1. The molecule has 0 bridgehead atoms. The molecule has 5 rings (SSSR count). The minimum Gasteiger partial charge on any atom is -0.397 e. The van der Waals surface area contributed by atoms with E-state index in [4.69, 9.17) is 22.6 Å². The molecule has 0 atom stereocenters. The zero-order valence-electron chi connectivity index (χ0n) is 18.7. The second-order valence-electron chi connectivity index (χ2n) is 8.20. The zero-order valence-corrected chi connectivity index (χ0v) is 19.5. The summed E-state index contributed by atoms with van der Waals surface area (Å²) in [7, 11) is 0. The predicted molar refractivity (Wildman–Crippen MR) is 131 cm³/mol. The summed E-state index contributed by atoms with van der Waals surface area (Å²) in [6.07, 6.45) is 6.74. The average Bonchev–Trinajstić information content (AvgIpc) is 3.44. The summed E-state index contributed by atoms with van der Waals surface area (Å²) in [4.78, 5) is 26.5. The predicted octanol–water partition coefficient (Wildman–Crippen LogP) is 3.68. The number of hydrogen-bond donors (Lipinski definition) is 2. The normalized spacial score (nSPS) is 13.8. The van der Waals surface area contributed by atoms with Crippen LogP contribution in [0.3, 0.4) is 0 Å². The van der Waals surface area contributed by atoms with Crippen molar-refractivity contribution in [2.45, 2.75) is 33.1 Å². The zero-order chi connectivity index (χ0) is 23.5. The van der Waals surface area contributed by atoms with Crippen molar-refractivity contribution in [1.29, 1.82) is 5.26 Å². The number of imidazole rings is 1. The van der Waals surface area contributed by atoms with E-state index in [2.05, 4.69) is 32.8 Å². The lowest BCUT2D eigenvalue weighted by Gasteiger charge is -2.08. The lowest BCUT2D eigenvalue weighted by molar-refractivity contribution is 0.359. The van der Waals surface area contributed by atoms with Crippen LogP contribution in [-0.2, 0) is 6.42 Å². The second kappa shape index (κ2) is 9.61. The lowest BCUT2D eigenvalue weighted by Crippen LogP contribution is -2.17. The van der Waals surface area contributed by atoms with Gasteiger partial charge < -0.3 is 20.0 Å². The molecular formula is C24H26ClN7O. The third-order valence-corrected chi connectivity index (χ3v) is 6.16. The molecule has 1 saturated heterocycles. The number of pyridine rings is 1. The van der Waals surface area contributed by atoms with Crippen LogP contribution in [0.15, 0.2) is 35.4 Å². The number of nitrogens with one attached hydrogen (secondary N) is 1. The quantitative estimate of drug-likeness (QED) is 0.448. The fraction of sp³-hybridized carbons (Fsp3) is 0.333. The molecular weight excluding hydrogens is 438 g/mol. The van der Waals surface area contributed by atoms with Crippen LogP contribution in [0.5, 0.6) is 0 Å². The number of halogens is 1. The first-order valence-electron chi connectivity index (χ1n) is 11.0. The van der Waals surface area contributed by atoms with E-state index >= 15 is 0 Å². The van der Waals surface area contributed by atoms with E-state index in [9.17, 15) is 4.79 Å². The maximum Gasteiger partial charge on any atom is 0.258 e. The van der Waals surface area contributed by atoms with Crippen molar-refractivity contribution in [2.24, 2.45) is 0 Å². The van der Waals surface area contributed by atoms with Crippen molar-refractivity contribution in [3.63, 3.8) is 0 Å². The van der Waals surface area contributed by atoms with Gasteiger partial charge >= 0.3 is 0 Å². The van der Waals surface area contributed by atoms with Crippen LogP contribution in [0.2, 0.25) is 5.02 Å². The molecule has 1 aliphatic heterocycles. The van der Waals surface area contributed by atoms with Gasteiger partial charge in [-0.1, -0.05) is 18.5 Å². The van der Waals surface area contributed by atoms with Crippen molar-refractivity contribution in [1.82, 2.24) is 24.3 Å². The van der Waals surface area contributed by atoms with Crippen LogP contribution < -0.4 is 11.3 Å². The fourth-order valence-corrected chi connectivity index (χ4v) is 4.13. The summed E-state index contributed by atoms with van der Waals surface area (Å²) in [5.41, 5.74) is 9.29. The highest BCUT2D eigenvalue weighted by Crippen LogP contribution is 2.23. The molecule has 1 aromatic carbocycles. The SMILES string of the molecule is CCN1CCCC1.Cc1cc2nc(Cc3nc4cc(N)c(Cl)cc4c(=O)[nH]3)cn2cc1C#N. The van der Waals surface area contributed by atoms with Crippen molar-refractivity contribution < 1.29 is 0 Å². The Morgan fingerprint density at radius 2 is 1.97 bits per heavy atom. The number of likely N-dealkylation sites (tertiary alicyclic amines) is 1. The maximum absolute atomic E-state index is 12.3. The van der Waals surface area contributed by atoms with Gasteiger partial charge in [-0.15, -0.1) is 0 Å². The van der Waals surface area contributed by atoms with E-state index in [1.54, 1.807) is 16.7 Å². The van der Waals surface area contributed by atoms with E-state index in [0.29, 0.717) is 39.4 Å². The molecule has 3 N–H and O–H groups in total. The van der Waals surface area contributed by atoms with E-state index in [1.165, 1.54) is 38.5 Å². The van der Waals surface area contributed by atoms with Gasteiger partial charge in [-0.2, -0.15) is 5.26 Å². The highest BCUT2D eigenvalue weighted by atomic mass is 35.5. The number of hydrogen-bond acceptors (Lipinski definition) is 6. The van der Waals surface area contributed by atoms with Gasteiger partial charge in [0.15, 0.2) is 0 Å². The highest BCUT2D eigenvalue weighted by Gasteiger charge is 2.11. The summed E-state index contributed by atoms with van der Waals surface area (Å²) in [5, 5.41) is 9.85. The summed E-state index contributed by atoms with van der Waals surface area (Å²) in [5.74, 6) is 0.477. The van der Waals surface area contributed by atoms with E-state index in [-0.39, 0.29) is 5.56 Å². The van der Waals surface area contributed by atoms with Crippen molar-refractivity contribution in [3.8, 4) is 6.07 Å². The van der Waals surface area contributed by atoms with Gasteiger partial charge in [-0.25, -0.2) is 9.97 Å². The first-order valence-corrected chi connectivity index (χ1v) is 11.3. The highest BCUT2D eigenvalue weighted by molar-refractivity contribution is 6.33. The summed E-state index contributed by atoms with van der Waals surface area (Å²) in [6, 6.07) is 7.10. The van der Waals surface area contributed by atoms with Crippen LogP contribution in [0.4, 0.5) is 5.69 Å². The molecule has 9 heteroatoms. The number of nitrogens with two attached hydrogens (primary N) is 1. The number of benzene rings is 1. The molecule has 0 spiro atoms. The van der Waals surface area contributed by atoms with Gasteiger partial charge in [0.1, 0.15) is 17.5 Å². The fourth-order valence-electron chi connectivity index (χ4n) is 3.96. The Morgan fingerprint density at radius 3 is 2.64 bits per heavy atom. The Morgan fingerprint density at radius 1 is 1.21 bits per heavy atom. The molecule has 170 valence electrons. The van der Waals surface area contributed by atoms with Gasteiger partial charge in [0, 0.05) is 18.8 Å². The Kier molecular flexibility index (Phi) is 6.63. The minimum atomic E-state index is -0.279.